The van der Waals surface area contributed by atoms with E-state index in [1.807, 2.05) is 0 Å². The second kappa shape index (κ2) is 8.74. The largest absolute Gasteiger partial charge is 0.455 e. The van der Waals surface area contributed by atoms with Crippen molar-refractivity contribution in [1.29, 1.82) is 5.26 Å². The molecule has 26 heavy (non-hydrogen) atoms. The fourth-order valence-corrected chi connectivity index (χ4v) is 3.95. The molecule has 5 nitrogen and oxygen atoms in total. The average molecular weight is 374 g/mol. The number of nitrogens with one attached hydrogen (secondary N) is 1. The maximum atomic E-state index is 13.1. The Labute approximate surface area is 151 Å². The Morgan fingerprint density at radius 3 is 2.27 bits per heavy atom. The molecule has 1 amide bonds. The molecule has 2 rings (SSSR count). The van der Waals surface area contributed by atoms with Crippen LogP contribution in [0.2, 0.25) is 0 Å². The van der Waals surface area contributed by atoms with Crippen molar-refractivity contribution in [3.05, 3.63) is 0 Å². The van der Waals surface area contributed by atoms with Crippen LogP contribution in [-0.4, -0.2) is 30.2 Å². The summed E-state index contributed by atoms with van der Waals surface area (Å²) >= 11 is 0. The molecule has 0 aromatic carbocycles. The maximum absolute atomic E-state index is 13.1. The predicted molar refractivity (Wildman–Crippen MR) is 86.7 cm³/mol. The highest BCUT2D eigenvalue weighted by Gasteiger charge is 2.48. The molecule has 2 aliphatic rings. The fraction of sp³-hybridized carbons (Fsp3) is 0.833. The van der Waals surface area contributed by atoms with E-state index in [-0.39, 0.29) is 12.8 Å². The number of hydrogen-bond donors (Lipinski definition) is 1. The Hall–Kier alpha value is -1.78. The predicted octanol–water partition coefficient (Wildman–Crippen LogP) is 3.63. The number of nitrogens with zero attached hydrogens (tertiary/aromatic N) is 1. The second-order valence-electron chi connectivity index (χ2n) is 7.30. The number of carbonyl (C=O) groups is 2. The van der Waals surface area contributed by atoms with E-state index in [0.29, 0.717) is 25.7 Å². The van der Waals surface area contributed by atoms with Crippen molar-refractivity contribution in [1.82, 2.24) is 5.32 Å². The van der Waals surface area contributed by atoms with E-state index in [0.717, 1.165) is 25.7 Å². The van der Waals surface area contributed by atoms with Crippen LogP contribution in [0.5, 0.6) is 0 Å². The summed E-state index contributed by atoms with van der Waals surface area (Å²) in [6, 6.07) is 2.15. The highest BCUT2D eigenvalue weighted by molar-refractivity contribution is 5.82. The zero-order valence-electron chi connectivity index (χ0n) is 14.7. The minimum Gasteiger partial charge on any atom is -0.455 e. The van der Waals surface area contributed by atoms with Gasteiger partial charge >= 0.3 is 12.1 Å². The van der Waals surface area contributed by atoms with Crippen molar-refractivity contribution < 1.29 is 27.5 Å². The Morgan fingerprint density at radius 2 is 1.69 bits per heavy atom. The summed E-state index contributed by atoms with van der Waals surface area (Å²) in [5, 5.41) is 12.0. The van der Waals surface area contributed by atoms with E-state index in [1.165, 1.54) is 0 Å². The van der Waals surface area contributed by atoms with Crippen LogP contribution in [0.15, 0.2) is 0 Å². The molecule has 8 heteroatoms. The van der Waals surface area contributed by atoms with Crippen LogP contribution in [-0.2, 0) is 14.3 Å². The Morgan fingerprint density at radius 1 is 1.08 bits per heavy atom. The summed E-state index contributed by atoms with van der Waals surface area (Å²) in [6.45, 7) is -0.649. The van der Waals surface area contributed by atoms with Crippen molar-refractivity contribution in [3.8, 4) is 6.07 Å². The summed E-state index contributed by atoms with van der Waals surface area (Å²) in [4.78, 5) is 24.2. The van der Waals surface area contributed by atoms with Crippen LogP contribution in [0.3, 0.4) is 0 Å². The SMILES string of the molecule is N#CC1(NC(=O)COC(=O)[C@@H]2CCCC[C@H]2C(F)(F)F)CCCCCC1. The maximum Gasteiger partial charge on any atom is 0.392 e. The monoisotopic (exact) mass is 374 g/mol. The van der Waals surface area contributed by atoms with Crippen molar-refractivity contribution in [2.75, 3.05) is 6.61 Å². The van der Waals surface area contributed by atoms with Crippen molar-refractivity contribution >= 4 is 11.9 Å². The minimum atomic E-state index is -4.45. The van der Waals surface area contributed by atoms with Crippen LogP contribution in [0.4, 0.5) is 13.2 Å². The summed E-state index contributed by atoms with van der Waals surface area (Å²) in [7, 11) is 0. The van der Waals surface area contributed by atoms with Crippen LogP contribution < -0.4 is 5.32 Å². The molecule has 2 aliphatic carbocycles. The number of halogens is 3. The highest BCUT2D eigenvalue weighted by Crippen LogP contribution is 2.41. The Kier molecular flexibility index (Phi) is 6.90. The van der Waals surface area contributed by atoms with Gasteiger partial charge in [0.15, 0.2) is 6.61 Å². The zero-order valence-corrected chi connectivity index (χ0v) is 14.7. The molecule has 0 aromatic heterocycles. The van der Waals surface area contributed by atoms with Gasteiger partial charge in [-0.15, -0.1) is 0 Å². The second-order valence-corrected chi connectivity index (χ2v) is 7.30. The third kappa shape index (κ3) is 5.36. The van der Waals surface area contributed by atoms with E-state index < -0.39 is 42.0 Å². The molecule has 0 bridgehead atoms. The molecule has 1 N–H and O–H groups in total. The summed E-state index contributed by atoms with van der Waals surface area (Å²) < 4.78 is 44.1. The number of alkyl halides is 3. The number of nitriles is 1. The lowest BCUT2D eigenvalue weighted by Crippen LogP contribution is -2.49. The molecular weight excluding hydrogens is 349 g/mol. The number of ether oxygens (including phenoxy) is 1. The number of rotatable bonds is 4. The normalized spacial score (nSPS) is 26.2. The van der Waals surface area contributed by atoms with Gasteiger partial charge in [0.1, 0.15) is 5.54 Å². The number of esters is 1. The molecule has 0 spiro atoms. The standard InChI is InChI=1S/C18H25F3N2O3/c19-18(20,21)14-8-4-3-7-13(14)16(25)26-11-15(24)23-17(12-22)9-5-1-2-6-10-17/h13-14H,1-11H2,(H,23,24)/t13-,14-/m1/s1. The number of amides is 1. The van der Waals surface area contributed by atoms with Gasteiger partial charge in [0.05, 0.1) is 17.9 Å². The van der Waals surface area contributed by atoms with Gasteiger partial charge in [0, 0.05) is 0 Å². The first-order valence-corrected chi connectivity index (χ1v) is 9.23. The lowest BCUT2D eigenvalue weighted by molar-refractivity contribution is -0.205. The smallest absolute Gasteiger partial charge is 0.392 e. The van der Waals surface area contributed by atoms with Gasteiger partial charge in [0.2, 0.25) is 0 Å². The summed E-state index contributed by atoms with van der Waals surface area (Å²) in [5.41, 5.74) is -0.973. The third-order valence-corrected chi connectivity index (χ3v) is 5.38. The Bertz CT molecular complexity index is 549. The molecule has 2 fully saturated rings. The van der Waals surface area contributed by atoms with Crippen LogP contribution >= 0.6 is 0 Å². The van der Waals surface area contributed by atoms with Gasteiger partial charge < -0.3 is 10.1 Å². The van der Waals surface area contributed by atoms with Crippen LogP contribution in [0.1, 0.15) is 64.2 Å². The summed E-state index contributed by atoms with van der Waals surface area (Å²) in [6.07, 6.45) is 1.24. The van der Waals surface area contributed by atoms with Crippen LogP contribution in [0.25, 0.3) is 0 Å². The molecule has 146 valence electrons. The molecule has 2 atom stereocenters. The van der Waals surface area contributed by atoms with Gasteiger partial charge in [-0.3, -0.25) is 9.59 Å². The first-order chi connectivity index (χ1) is 12.3. The van der Waals surface area contributed by atoms with Gasteiger partial charge in [-0.25, -0.2) is 0 Å². The zero-order chi connectivity index (χ0) is 19.2. The molecule has 0 heterocycles. The first kappa shape index (κ1) is 20.5. The average Bonchev–Trinajstić information content (AvgIpc) is 2.85. The quantitative estimate of drug-likeness (QED) is 0.602. The number of hydrogen-bond acceptors (Lipinski definition) is 4. The van der Waals surface area contributed by atoms with E-state index in [9.17, 15) is 28.0 Å². The van der Waals surface area contributed by atoms with Crippen molar-refractivity contribution in [2.24, 2.45) is 11.8 Å². The molecule has 0 aliphatic heterocycles. The third-order valence-electron chi connectivity index (χ3n) is 5.38. The van der Waals surface area contributed by atoms with Crippen molar-refractivity contribution in [2.45, 2.75) is 75.9 Å². The van der Waals surface area contributed by atoms with Gasteiger partial charge in [-0.1, -0.05) is 38.5 Å². The molecule has 0 saturated heterocycles. The number of carbonyl (C=O) groups excluding carboxylic acids is 2. The highest BCUT2D eigenvalue weighted by atomic mass is 19.4. The topological polar surface area (TPSA) is 79.2 Å². The molecular formula is C18H25F3N2O3. The minimum absolute atomic E-state index is 0.0903. The van der Waals surface area contributed by atoms with E-state index in [2.05, 4.69) is 11.4 Å². The van der Waals surface area contributed by atoms with Crippen LogP contribution in [0, 0.1) is 23.2 Å². The Balaban J connectivity index is 1.89. The molecule has 0 radical (unpaired) electrons. The lowest BCUT2D eigenvalue weighted by Gasteiger charge is -2.31. The first-order valence-electron chi connectivity index (χ1n) is 9.23. The van der Waals surface area contributed by atoms with Gasteiger partial charge in [0.25, 0.3) is 5.91 Å². The molecule has 0 aromatic rings. The van der Waals surface area contributed by atoms with E-state index in [1.54, 1.807) is 0 Å². The van der Waals surface area contributed by atoms with E-state index >= 15 is 0 Å². The van der Waals surface area contributed by atoms with E-state index in [4.69, 9.17) is 4.74 Å². The van der Waals surface area contributed by atoms with Crippen molar-refractivity contribution in [3.63, 3.8) is 0 Å². The lowest BCUT2D eigenvalue weighted by atomic mass is 9.79. The molecule has 0 unspecified atom stereocenters. The summed E-state index contributed by atoms with van der Waals surface area (Å²) in [5.74, 6) is -4.58. The fourth-order valence-electron chi connectivity index (χ4n) is 3.95. The van der Waals surface area contributed by atoms with Gasteiger partial charge in [-0.05, 0) is 25.7 Å². The van der Waals surface area contributed by atoms with Gasteiger partial charge in [-0.2, -0.15) is 18.4 Å². The molecule has 2 saturated carbocycles.